The van der Waals surface area contributed by atoms with Gasteiger partial charge in [-0.3, -0.25) is 0 Å². The number of aromatic nitrogens is 1. The minimum absolute atomic E-state index is 0.944. The lowest BCUT2D eigenvalue weighted by Gasteiger charge is -2.21. The average molecular weight is 191 g/mol. The van der Waals surface area contributed by atoms with Crippen LogP contribution >= 0.6 is 0 Å². The number of hydrogen-bond donors (Lipinski definition) is 1. The molecule has 3 heteroatoms. The first-order valence-corrected chi connectivity index (χ1v) is 5.23. The number of aryl methyl sites for hydroxylation is 1. The van der Waals surface area contributed by atoms with E-state index in [0.29, 0.717) is 0 Å². The lowest BCUT2D eigenvalue weighted by molar-refractivity contribution is 0.694. The summed E-state index contributed by atoms with van der Waals surface area (Å²) in [5.41, 5.74) is 2.42. The molecule has 1 aliphatic heterocycles. The normalized spacial score (nSPS) is 16.3. The van der Waals surface area contributed by atoms with Crippen molar-refractivity contribution in [1.82, 2.24) is 10.3 Å². The van der Waals surface area contributed by atoms with E-state index >= 15 is 0 Å². The summed E-state index contributed by atoms with van der Waals surface area (Å²) < 4.78 is 0. The molecule has 0 fully saturated rings. The Bertz CT molecular complexity index is 322. The summed E-state index contributed by atoms with van der Waals surface area (Å²) >= 11 is 0. The molecule has 0 atom stereocenters. The van der Waals surface area contributed by atoms with E-state index in [1.807, 2.05) is 6.92 Å². The van der Waals surface area contributed by atoms with E-state index < -0.39 is 0 Å². The van der Waals surface area contributed by atoms with Gasteiger partial charge < -0.3 is 10.2 Å². The third kappa shape index (κ3) is 1.73. The van der Waals surface area contributed by atoms with Crippen molar-refractivity contribution in [2.75, 3.05) is 24.5 Å². The highest BCUT2D eigenvalue weighted by molar-refractivity contribution is 5.48. The minimum atomic E-state index is 0.944. The van der Waals surface area contributed by atoms with E-state index in [-0.39, 0.29) is 0 Å². The summed E-state index contributed by atoms with van der Waals surface area (Å²) in [7, 11) is 0. The summed E-state index contributed by atoms with van der Waals surface area (Å²) in [4.78, 5) is 6.95. The van der Waals surface area contributed by atoms with Gasteiger partial charge in [-0.1, -0.05) is 6.07 Å². The van der Waals surface area contributed by atoms with Gasteiger partial charge in [-0.2, -0.15) is 0 Å². The average Bonchev–Trinajstić information content (AvgIpc) is 2.39. The number of hydrogen-bond acceptors (Lipinski definition) is 3. The Kier molecular flexibility index (Phi) is 2.68. The Morgan fingerprint density at radius 1 is 1.50 bits per heavy atom. The molecule has 1 aromatic heterocycles. The second kappa shape index (κ2) is 3.96. The molecule has 0 radical (unpaired) electrons. The van der Waals surface area contributed by atoms with Crippen LogP contribution in [0.4, 0.5) is 5.82 Å². The third-order valence-electron chi connectivity index (χ3n) is 2.65. The van der Waals surface area contributed by atoms with Gasteiger partial charge in [0.15, 0.2) is 0 Å². The van der Waals surface area contributed by atoms with Crippen molar-refractivity contribution in [3.8, 4) is 0 Å². The van der Waals surface area contributed by atoms with Gasteiger partial charge in [0.05, 0.1) is 0 Å². The van der Waals surface area contributed by atoms with Crippen molar-refractivity contribution >= 4 is 5.82 Å². The molecule has 0 aliphatic carbocycles. The zero-order valence-corrected chi connectivity index (χ0v) is 8.88. The van der Waals surface area contributed by atoms with E-state index in [0.717, 1.165) is 37.7 Å². The van der Waals surface area contributed by atoms with Crippen LogP contribution in [0.25, 0.3) is 0 Å². The van der Waals surface area contributed by atoms with Crippen LogP contribution in [0, 0.1) is 6.92 Å². The molecule has 14 heavy (non-hydrogen) atoms. The van der Waals surface area contributed by atoms with E-state index in [9.17, 15) is 0 Å². The molecule has 2 heterocycles. The summed E-state index contributed by atoms with van der Waals surface area (Å²) in [6.07, 6.45) is 0. The molecule has 0 unspecified atom stereocenters. The van der Waals surface area contributed by atoms with Gasteiger partial charge in [-0.15, -0.1) is 0 Å². The van der Waals surface area contributed by atoms with Crippen LogP contribution in [0.1, 0.15) is 18.2 Å². The molecule has 2 rings (SSSR count). The monoisotopic (exact) mass is 191 g/mol. The predicted molar refractivity (Wildman–Crippen MR) is 58.6 cm³/mol. The van der Waals surface area contributed by atoms with Crippen LogP contribution in [-0.2, 0) is 6.54 Å². The summed E-state index contributed by atoms with van der Waals surface area (Å²) in [5, 5.41) is 3.41. The van der Waals surface area contributed by atoms with Crippen molar-refractivity contribution in [1.29, 1.82) is 0 Å². The second-order valence-electron chi connectivity index (χ2n) is 3.69. The van der Waals surface area contributed by atoms with Crippen molar-refractivity contribution in [3.05, 3.63) is 23.4 Å². The lowest BCUT2D eigenvalue weighted by Crippen LogP contribution is -2.29. The number of anilines is 1. The number of fused-ring (bicyclic) bond motifs is 1. The van der Waals surface area contributed by atoms with Gasteiger partial charge >= 0.3 is 0 Å². The van der Waals surface area contributed by atoms with Crippen LogP contribution in [0.5, 0.6) is 0 Å². The zero-order valence-electron chi connectivity index (χ0n) is 8.88. The van der Waals surface area contributed by atoms with Crippen LogP contribution in [0.15, 0.2) is 12.1 Å². The van der Waals surface area contributed by atoms with Crippen molar-refractivity contribution in [2.45, 2.75) is 20.4 Å². The molecule has 0 bridgehead atoms. The Morgan fingerprint density at radius 3 is 3.14 bits per heavy atom. The smallest absolute Gasteiger partial charge is 0.133 e. The summed E-state index contributed by atoms with van der Waals surface area (Å²) in [5.74, 6) is 1.16. The SMILES string of the molecule is CCN1CCNCc2ccc(C)nc21. The molecule has 0 amide bonds. The fraction of sp³-hybridized carbons (Fsp3) is 0.545. The van der Waals surface area contributed by atoms with Crippen molar-refractivity contribution < 1.29 is 0 Å². The van der Waals surface area contributed by atoms with Crippen LogP contribution in [-0.4, -0.2) is 24.6 Å². The van der Waals surface area contributed by atoms with Crippen molar-refractivity contribution in [3.63, 3.8) is 0 Å². The molecule has 3 nitrogen and oxygen atoms in total. The first-order chi connectivity index (χ1) is 6.81. The Hall–Kier alpha value is -1.09. The molecular weight excluding hydrogens is 174 g/mol. The molecule has 1 aliphatic rings. The molecule has 1 N–H and O–H groups in total. The van der Waals surface area contributed by atoms with E-state index in [2.05, 4.69) is 34.3 Å². The van der Waals surface area contributed by atoms with Crippen LogP contribution in [0.3, 0.4) is 0 Å². The fourth-order valence-electron chi connectivity index (χ4n) is 1.83. The largest absolute Gasteiger partial charge is 0.355 e. The highest BCUT2D eigenvalue weighted by Crippen LogP contribution is 2.19. The standard InChI is InChI=1S/C11H17N3/c1-3-14-7-6-12-8-10-5-4-9(2)13-11(10)14/h4-5,12H,3,6-8H2,1-2H3. The van der Waals surface area contributed by atoms with Gasteiger partial charge in [-0.25, -0.2) is 4.98 Å². The van der Waals surface area contributed by atoms with E-state index in [1.165, 1.54) is 5.56 Å². The molecule has 1 aromatic rings. The number of nitrogens with zero attached hydrogens (tertiary/aromatic N) is 2. The van der Waals surface area contributed by atoms with Crippen LogP contribution < -0.4 is 10.2 Å². The summed E-state index contributed by atoms with van der Waals surface area (Å²) in [6.45, 7) is 8.30. The quantitative estimate of drug-likeness (QED) is 0.725. The number of rotatable bonds is 1. The molecule has 0 saturated heterocycles. The highest BCUT2D eigenvalue weighted by atomic mass is 15.2. The lowest BCUT2D eigenvalue weighted by atomic mass is 10.2. The fourth-order valence-corrected chi connectivity index (χ4v) is 1.83. The van der Waals surface area contributed by atoms with Gasteiger partial charge in [0.2, 0.25) is 0 Å². The highest BCUT2D eigenvalue weighted by Gasteiger charge is 2.14. The number of pyridine rings is 1. The first kappa shape index (κ1) is 9.46. The molecule has 0 aromatic carbocycles. The maximum absolute atomic E-state index is 4.61. The molecular formula is C11H17N3. The Labute approximate surface area is 85.1 Å². The third-order valence-corrected chi connectivity index (χ3v) is 2.65. The maximum Gasteiger partial charge on any atom is 0.133 e. The molecule has 76 valence electrons. The minimum Gasteiger partial charge on any atom is -0.355 e. The summed E-state index contributed by atoms with van der Waals surface area (Å²) in [6, 6.07) is 4.26. The molecule has 0 spiro atoms. The number of nitrogens with one attached hydrogen (secondary N) is 1. The van der Waals surface area contributed by atoms with E-state index in [1.54, 1.807) is 0 Å². The van der Waals surface area contributed by atoms with Gasteiger partial charge in [0.25, 0.3) is 0 Å². The Morgan fingerprint density at radius 2 is 2.36 bits per heavy atom. The van der Waals surface area contributed by atoms with Crippen LogP contribution in [0.2, 0.25) is 0 Å². The zero-order chi connectivity index (χ0) is 9.97. The topological polar surface area (TPSA) is 28.2 Å². The Balaban J connectivity index is 2.40. The van der Waals surface area contributed by atoms with E-state index in [4.69, 9.17) is 0 Å². The van der Waals surface area contributed by atoms with Gasteiger partial charge in [-0.05, 0) is 19.9 Å². The maximum atomic E-state index is 4.61. The second-order valence-corrected chi connectivity index (χ2v) is 3.69. The predicted octanol–water partition coefficient (Wildman–Crippen LogP) is 1.32. The van der Waals surface area contributed by atoms with Gasteiger partial charge in [0, 0.05) is 37.4 Å². The van der Waals surface area contributed by atoms with Crippen molar-refractivity contribution in [2.24, 2.45) is 0 Å². The van der Waals surface area contributed by atoms with Gasteiger partial charge in [0.1, 0.15) is 5.82 Å². The first-order valence-electron chi connectivity index (χ1n) is 5.23. The molecule has 0 saturated carbocycles. The number of likely N-dealkylation sites (N-methyl/N-ethyl adjacent to an activating group) is 1.